The summed E-state index contributed by atoms with van der Waals surface area (Å²) < 4.78 is 5.36. The van der Waals surface area contributed by atoms with Crippen molar-refractivity contribution < 1.29 is 9.53 Å². The second-order valence-electron chi connectivity index (χ2n) is 4.18. The molecule has 0 aliphatic carbocycles. The monoisotopic (exact) mass is 201 g/mol. The van der Waals surface area contributed by atoms with Gasteiger partial charge in [-0.25, -0.2) is 4.79 Å². The number of likely N-dealkylation sites (tertiary alicyclic amines) is 1. The van der Waals surface area contributed by atoms with Crippen molar-refractivity contribution >= 4 is 6.09 Å². The normalized spacial score (nSPS) is 16.4. The van der Waals surface area contributed by atoms with E-state index in [4.69, 9.17) is 4.74 Å². The predicted molar refractivity (Wildman–Crippen MR) is 58.4 cm³/mol. The summed E-state index contributed by atoms with van der Waals surface area (Å²) >= 11 is 0. The van der Waals surface area contributed by atoms with Crippen LogP contribution in [0.1, 0.15) is 47.5 Å². The van der Waals surface area contributed by atoms with Crippen LogP contribution < -0.4 is 0 Å². The molecule has 0 aromatic heterocycles. The van der Waals surface area contributed by atoms with Gasteiger partial charge in [0, 0.05) is 13.1 Å². The van der Waals surface area contributed by atoms with E-state index in [-0.39, 0.29) is 19.1 Å². The number of carbonyl (C=O) groups is 1. The van der Waals surface area contributed by atoms with Gasteiger partial charge in [0.25, 0.3) is 0 Å². The lowest BCUT2D eigenvalue weighted by Crippen LogP contribution is -2.36. The first-order valence-electron chi connectivity index (χ1n) is 5.03. The van der Waals surface area contributed by atoms with Crippen LogP contribution in [0.25, 0.3) is 0 Å². The summed E-state index contributed by atoms with van der Waals surface area (Å²) in [5.74, 6) is 0. The first-order valence-corrected chi connectivity index (χ1v) is 5.03. The van der Waals surface area contributed by atoms with Gasteiger partial charge in [-0.1, -0.05) is 14.4 Å². The molecule has 1 aliphatic heterocycles. The molecule has 1 heterocycles. The highest BCUT2D eigenvalue weighted by Crippen LogP contribution is 2.17. The molecule has 1 saturated heterocycles. The molecule has 1 rings (SSSR count). The van der Waals surface area contributed by atoms with Gasteiger partial charge in [0.2, 0.25) is 0 Å². The zero-order valence-corrected chi connectivity index (χ0v) is 8.80. The van der Waals surface area contributed by atoms with Crippen molar-refractivity contribution in [3.8, 4) is 0 Å². The molecule has 0 aromatic rings. The van der Waals surface area contributed by atoms with E-state index >= 15 is 0 Å². The van der Waals surface area contributed by atoms with Gasteiger partial charge in [-0.3, -0.25) is 0 Å². The van der Waals surface area contributed by atoms with E-state index < -0.39 is 0 Å². The third-order valence-electron chi connectivity index (χ3n) is 2.58. The van der Waals surface area contributed by atoms with Gasteiger partial charge >= 0.3 is 6.09 Å². The van der Waals surface area contributed by atoms with E-state index in [0.29, 0.717) is 0 Å². The van der Waals surface area contributed by atoms with Crippen molar-refractivity contribution in [1.82, 2.24) is 4.90 Å². The molecule has 0 bridgehead atoms. The summed E-state index contributed by atoms with van der Waals surface area (Å²) in [5, 5.41) is 0. The molecule has 3 heteroatoms. The number of nitrogens with zero attached hydrogens (tertiary/aromatic N) is 1. The highest BCUT2D eigenvalue weighted by molar-refractivity contribution is 5.68. The molecule has 0 spiro atoms. The number of ether oxygens (including phenoxy) is 1. The van der Waals surface area contributed by atoms with Crippen molar-refractivity contribution in [2.75, 3.05) is 13.1 Å². The van der Waals surface area contributed by atoms with Crippen LogP contribution in [-0.2, 0) is 4.74 Å². The molecule has 3 nitrogen and oxygen atoms in total. The fraction of sp³-hybridized carbons (Fsp3) is 0.909. The number of hydrogen-bond acceptors (Lipinski definition) is 2. The highest BCUT2D eigenvalue weighted by atomic mass is 16.6. The summed E-state index contributed by atoms with van der Waals surface area (Å²) in [7, 11) is 0. The molecule has 1 aliphatic rings. The van der Waals surface area contributed by atoms with Crippen LogP contribution >= 0.6 is 0 Å². The summed E-state index contributed by atoms with van der Waals surface area (Å²) in [5.41, 5.74) is -0.320. The molecule has 0 radical (unpaired) electrons. The van der Waals surface area contributed by atoms with Gasteiger partial charge in [-0.05, 0) is 33.1 Å². The van der Waals surface area contributed by atoms with E-state index in [9.17, 15) is 4.79 Å². The second kappa shape index (κ2) is 5.23. The number of rotatable bonds is 2. The Labute approximate surface area is 87.4 Å². The minimum atomic E-state index is -0.320. The Bertz CT molecular complexity index is 184. The van der Waals surface area contributed by atoms with Gasteiger partial charge in [0.1, 0.15) is 5.60 Å². The standard InChI is InChI=1S/C10H19NO2.CH4/c1-4-10(2,3)13-9(12)11-7-5-6-8-11;/h4-8H2,1-3H3;1H4. The third kappa shape index (κ3) is 3.56. The lowest BCUT2D eigenvalue weighted by atomic mass is 10.1. The molecule has 1 fully saturated rings. The Balaban J connectivity index is 0.00000169. The zero-order chi connectivity index (χ0) is 9.90. The maximum absolute atomic E-state index is 11.5. The van der Waals surface area contributed by atoms with Gasteiger partial charge < -0.3 is 9.64 Å². The topological polar surface area (TPSA) is 29.5 Å². The van der Waals surface area contributed by atoms with Gasteiger partial charge in [0.05, 0.1) is 0 Å². The summed E-state index contributed by atoms with van der Waals surface area (Å²) in [6, 6.07) is 0. The number of carbonyl (C=O) groups excluding carboxylic acids is 1. The molecular weight excluding hydrogens is 178 g/mol. The summed E-state index contributed by atoms with van der Waals surface area (Å²) in [6.45, 7) is 7.64. The van der Waals surface area contributed by atoms with Gasteiger partial charge in [-0.2, -0.15) is 0 Å². The van der Waals surface area contributed by atoms with E-state index in [1.165, 1.54) is 0 Å². The van der Waals surface area contributed by atoms with Crippen molar-refractivity contribution in [2.24, 2.45) is 0 Å². The van der Waals surface area contributed by atoms with E-state index in [2.05, 4.69) is 0 Å². The zero-order valence-electron chi connectivity index (χ0n) is 8.80. The van der Waals surface area contributed by atoms with E-state index in [1.54, 1.807) is 4.90 Å². The maximum Gasteiger partial charge on any atom is 0.410 e. The average molecular weight is 201 g/mol. The predicted octanol–water partition coefficient (Wildman–Crippen LogP) is 3.04. The fourth-order valence-corrected chi connectivity index (χ4v) is 1.27. The maximum atomic E-state index is 11.5. The quantitative estimate of drug-likeness (QED) is 0.687. The first kappa shape index (κ1) is 13.3. The molecular formula is C11H23NO2. The summed E-state index contributed by atoms with van der Waals surface area (Å²) in [4.78, 5) is 13.3. The minimum Gasteiger partial charge on any atom is -0.443 e. The van der Waals surface area contributed by atoms with Crippen LogP contribution in [0.15, 0.2) is 0 Å². The molecule has 84 valence electrons. The van der Waals surface area contributed by atoms with Gasteiger partial charge in [-0.15, -0.1) is 0 Å². The average Bonchev–Trinajstić information content (AvgIpc) is 2.55. The summed E-state index contributed by atoms with van der Waals surface area (Å²) in [6.07, 6.45) is 2.93. The lowest BCUT2D eigenvalue weighted by molar-refractivity contribution is 0.0153. The highest BCUT2D eigenvalue weighted by Gasteiger charge is 2.25. The number of amides is 1. The van der Waals surface area contributed by atoms with Crippen LogP contribution in [0.2, 0.25) is 0 Å². The Morgan fingerprint density at radius 1 is 1.36 bits per heavy atom. The smallest absolute Gasteiger partial charge is 0.410 e. The van der Waals surface area contributed by atoms with E-state index in [1.807, 2.05) is 20.8 Å². The Morgan fingerprint density at radius 3 is 2.29 bits per heavy atom. The lowest BCUT2D eigenvalue weighted by Gasteiger charge is -2.26. The third-order valence-corrected chi connectivity index (χ3v) is 2.58. The minimum absolute atomic E-state index is 0. The van der Waals surface area contributed by atoms with Crippen LogP contribution in [0.3, 0.4) is 0 Å². The van der Waals surface area contributed by atoms with Crippen molar-refractivity contribution in [3.05, 3.63) is 0 Å². The van der Waals surface area contributed by atoms with Gasteiger partial charge in [0.15, 0.2) is 0 Å². The molecule has 0 N–H and O–H groups in total. The molecule has 0 saturated carbocycles. The first-order chi connectivity index (χ1) is 6.05. The van der Waals surface area contributed by atoms with Crippen LogP contribution in [0.4, 0.5) is 4.79 Å². The largest absolute Gasteiger partial charge is 0.443 e. The fourth-order valence-electron chi connectivity index (χ4n) is 1.27. The molecule has 14 heavy (non-hydrogen) atoms. The number of hydrogen-bond donors (Lipinski definition) is 0. The van der Waals surface area contributed by atoms with Crippen LogP contribution in [-0.4, -0.2) is 29.7 Å². The van der Waals surface area contributed by atoms with Crippen LogP contribution in [0, 0.1) is 0 Å². The second-order valence-corrected chi connectivity index (χ2v) is 4.18. The molecule has 0 atom stereocenters. The SMILES string of the molecule is C.CCC(C)(C)OC(=O)N1CCCC1. The van der Waals surface area contributed by atoms with Crippen LogP contribution in [0.5, 0.6) is 0 Å². The molecule has 0 unspecified atom stereocenters. The Hall–Kier alpha value is -0.730. The van der Waals surface area contributed by atoms with Crippen molar-refractivity contribution in [2.45, 2.75) is 53.1 Å². The van der Waals surface area contributed by atoms with Crippen molar-refractivity contribution in [1.29, 1.82) is 0 Å². The molecule has 1 amide bonds. The Kier molecular flexibility index (Phi) is 4.95. The van der Waals surface area contributed by atoms with Crippen molar-refractivity contribution in [3.63, 3.8) is 0 Å². The Morgan fingerprint density at radius 2 is 1.86 bits per heavy atom. The molecule has 0 aromatic carbocycles. The van der Waals surface area contributed by atoms with E-state index in [0.717, 1.165) is 32.4 Å².